The van der Waals surface area contributed by atoms with Gasteiger partial charge in [0, 0.05) is 12.1 Å². The van der Waals surface area contributed by atoms with Gasteiger partial charge in [0.05, 0.1) is 13.0 Å². The third-order valence-corrected chi connectivity index (χ3v) is 3.55. The number of ketones is 1. The van der Waals surface area contributed by atoms with E-state index in [-0.39, 0.29) is 35.2 Å². The topological polar surface area (TPSA) is 76.0 Å². The molecule has 3 rings (SSSR count). The van der Waals surface area contributed by atoms with Gasteiger partial charge in [-0.05, 0) is 17.7 Å². The molecule has 0 radical (unpaired) electrons. The Labute approximate surface area is 121 Å². The number of methoxy groups -OCH3 is 1. The number of carbonyl (C=O) groups is 1. The summed E-state index contributed by atoms with van der Waals surface area (Å²) < 4.78 is 10.6. The molecule has 5 nitrogen and oxygen atoms in total. The second kappa shape index (κ2) is 5.01. The van der Waals surface area contributed by atoms with Gasteiger partial charge in [0.25, 0.3) is 0 Å². The van der Waals surface area contributed by atoms with E-state index in [1.165, 1.54) is 6.07 Å². The summed E-state index contributed by atoms with van der Waals surface area (Å²) in [6.45, 7) is 0.168. The molecule has 108 valence electrons. The van der Waals surface area contributed by atoms with Crippen LogP contribution in [0.25, 0.3) is 0 Å². The lowest BCUT2D eigenvalue weighted by molar-refractivity contribution is 0.0892. The summed E-state index contributed by atoms with van der Waals surface area (Å²) in [7, 11) is 1.57. The number of hydrogen-bond donors (Lipinski definition) is 2. The van der Waals surface area contributed by atoms with Crippen molar-refractivity contribution < 1.29 is 24.5 Å². The molecule has 0 saturated heterocycles. The van der Waals surface area contributed by atoms with Gasteiger partial charge >= 0.3 is 0 Å². The molecule has 1 atom stereocenters. The van der Waals surface area contributed by atoms with Gasteiger partial charge in [-0.25, -0.2) is 0 Å². The second-order valence-electron chi connectivity index (χ2n) is 4.84. The van der Waals surface area contributed by atoms with E-state index in [9.17, 15) is 15.0 Å². The third-order valence-electron chi connectivity index (χ3n) is 3.55. The number of fused-ring (bicyclic) bond motifs is 1. The molecule has 2 aromatic carbocycles. The summed E-state index contributed by atoms with van der Waals surface area (Å²) in [6.07, 6.45) is 0. The lowest BCUT2D eigenvalue weighted by Gasteiger charge is -2.25. The molecule has 0 bridgehead atoms. The molecule has 0 aromatic heterocycles. The van der Waals surface area contributed by atoms with Gasteiger partial charge in [0.1, 0.15) is 35.2 Å². The van der Waals surface area contributed by atoms with Gasteiger partial charge in [0.15, 0.2) is 5.78 Å². The molecule has 21 heavy (non-hydrogen) atoms. The second-order valence-corrected chi connectivity index (χ2v) is 4.84. The molecule has 0 aliphatic carbocycles. The standard InChI is InChI=1S/C16H14O5/c1-20-11-4-2-9(3-5-11)12-8-21-14-7-10(17)6-13(18)15(14)16(12)19/h2-7,12,17-18H,8H2,1H3/t12-/m0/s1. The van der Waals surface area contributed by atoms with Gasteiger partial charge in [-0.2, -0.15) is 0 Å². The molecule has 2 N–H and O–H groups in total. The number of phenols is 2. The number of benzene rings is 2. The number of rotatable bonds is 2. The highest BCUT2D eigenvalue weighted by Crippen LogP contribution is 2.40. The minimum absolute atomic E-state index is 0.111. The van der Waals surface area contributed by atoms with Crippen LogP contribution in [0, 0.1) is 0 Å². The van der Waals surface area contributed by atoms with Crippen LogP contribution in [-0.2, 0) is 0 Å². The van der Waals surface area contributed by atoms with Gasteiger partial charge in [0.2, 0.25) is 0 Å². The van der Waals surface area contributed by atoms with Gasteiger partial charge < -0.3 is 19.7 Å². The Hall–Kier alpha value is -2.69. The van der Waals surface area contributed by atoms with E-state index in [4.69, 9.17) is 9.47 Å². The smallest absolute Gasteiger partial charge is 0.181 e. The lowest BCUT2D eigenvalue weighted by Crippen LogP contribution is -2.26. The normalized spacial score (nSPS) is 17.0. The van der Waals surface area contributed by atoms with E-state index in [0.717, 1.165) is 11.6 Å². The van der Waals surface area contributed by atoms with Crippen molar-refractivity contribution in [3.8, 4) is 23.0 Å². The summed E-state index contributed by atoms with van der Waals surface area (Å²) in [5.41, 5.74) is 0.902. The van der Waals surface area contributed by atoms with E-state index in [1.807, 2.05) is 0 Å². The minimum atomic E-state index is -0.487. The fourth-order valence-electron chi connectivity index (χ4n) is 2.45. The first-order valence-corrected chi connectivity index (χ1v) is 6.47. The lowest BCUT2D eigenvalue weighted by atomic mass is 9.88. The Morgan fingerprint density at radius 3 is 2.57 bits per heavy atom. The zero-order valence-electron chi connectivity index (χ0n) is 11.4. The van der Waals surface area contributed by atoms with E-state index >= 15 is 0 Å². The summed E-state index contributed by atoms with van der Waals surface area (Å²) in [4.78, 5) is 12.6. The number of hydrogen-bond acceptors (Lipinski definition) is 5. The van der Waals surface area contributed by atoms with Crippen LogP contribution in [0.5, 0.6) is 23.0 Å². The monoisotopic (exact) mass is 286 g/mol. The molecule has 1 aliphatic heterocycles. The Kier molecular flexibility index (Phi) is 3.17. The first-order valence-electron chi connectivity index (χ1n) is 6.47. The molecular weight excluding hydrogens is 272 g/mol. The van der Waals surface area contributed by atoms with E-state index in [2.05, 4.69) is 0 Å². The van der Waals surface area contributed by atoms with Crippen molar-refractivity contribution in [3.05, 3.63) is 47.5 Å². The molecule has 1 aliphatic rings. The quantitative estimate of drug-likeness (QED) is 0.887. The third kappa shape index (κ3) is 2.27. The van der Waals surface area contributed by atoms with Crippen LogP contribution in [0.2, 0.25) is 0 Å². The Morgan fingerprint density at radius 2 is 1.90 bits per heavy atom. The van der Waals surface area contributed by atoms with Gasteiger partial charge in [-0.1, -0.05) is 12.1 Å². The Bertz CT molecular complexity index is 691. The number of Topliss-reactive ketones (excluding diaryl/α,β-unsaturated/α-hetero) is 1. The van der Waals surface area contributed by atoms with Crippen LogP contribution in [-0.4, -0.2) is 29.7 Å². The van der Waals surface area contributed by atoms with Crippen molar-refractivity contribution >= 4 is 5.78 Å². The highest BCUT2D eigenvalue weighted by Gasteiger charge is 2.33. The Morgan fingerprint density at radius 1 is 1.19 bits per heavy atom. The molecule has 0 saturated carbocycles. The predicted octanol–water partition coefficient (Wildman–Crippen LogP) is 2.47. The highest BCUT2D eigenvalue weighted by molar-refractivity contribution is 6.06. The highest BCUT2D eigenvalue weighted by atomic mass is 16.5. The summed E-state index contributed by atoms with van der Waals surface area (Å²) in [6, 6.07) is 9.61. The molecule has 2 aromatic rings. The van der Waals surface area contributed by atoms with E-state index in [0.29, 0.717) is 5.75 Å². The van der Waals surface area contributed by atoms with Crippen LogP contribution in [0.1, 0.15) is 21.8 Å². The number of ether oxygens (including phenoxy) is 2. The largest absolute Gasteiger partial charge is 0.508 e. The van der Waals surface area contributed by atoms with Crippen molar-refractivity contribution in [3.63, 3.8) is 0 Å². The van der Waals surface area contributed by atoms with Crippen LogP contribution >= 0.6 is 0 Å². The summed E-state index contributed by atoms with van der Waals surface area (Å²) >= 11 is 0. The number of phenolic OH excluding ortho intramolecular Hbond substituents is 2. The van der Waals surface area contributed by atoms with Crippen molar-refractivity contribution in [2.45, 2.75) is 5.92 Å². The molecular formula is C16H14O5. The molecule has 0 amide bonds. The minimum Gasteiger partial charge on any atom is -0.508 e. The van der Waals surface area contributed by atoms with Crippen LogP contribution in [0.4, 0.5) is 0 Å². The molecule has 1 heterocycles. The van der Waals surface area contributed by atoms with Crippen LogP contribution in [0.15, 0.2) is 36.4 Å². The molecule has 0 unspecified atom stereocenters. The average Bonchev–Trinajstić information content (AvgIpc) is 2.47. The van der Waals surface area contributed by atoms with Crippen molar-refractivity contribution in [1.82, 2.24) is 0 Å². The molecule has 5 heteroatoms. The molecule has 0 spiro atoms. The van der Waals surface area contributed by atoms with Gasteiger partial charge in [-0.15, -0.1) is 0 Å². The van der Waals surface area contributed by atoms with Crippen molar-refractivity contribution in [2.24, 2.45) is 0 Å². The SMILES string of the molecule is COc1ccc([C@@H]2COc3cc(O)cc(O)c3C2=O)cc1. The summed E-state index contributed by atoms with van der Waals surface area (Å²) in [5, 5.41) is 19.3. The maximum Gasteiger partial charge on any atom is 0.181 e. The first kappa shape index (κ1) is 13.3. The van der Waals surface area contributed by atoms with Crippen molar-refractivity contribution in [1.29, 1.82) is 0 Å². The zero-order valence-corrected chi connectivity index (χ0v) is 11.4. The summed E-state index contributed by atoms with van der Waals surface area (Å²) in [5.74, 6) is -0.203. The van der Waals surface area contributed by atoms with Crippen LogP contribution in [0.3, 0.4) is 0 Å². The van der Waals surface area contributed by atoms with E-state index in [1.54, 1.807) is 31.4 Å². The zero-order chi connectivity index (χ0) is 15.0. The molecule has 0 fully saturated rings. The fraction of sp³-hybridized carbons (Fsp3) is 0.188. The fourth-order valence-corrected chi connectivity index (χ4v) is 2.45. The number of carbonyl (C=O) groups excluding carboxylic acids is 1. The van der Waals surface area contributed by atoms with Gasteiger partial charge in [-0.3, -0.25) is 4.79 Å². The van der Waals surface area contributed by atoms with Crippen molar-refractivity contribution in [2.75, 3.05) is 13.7 Å². The first-order chi connectivity index (χ1) is 10.1. The van der Waals surface area contributed by atoms with Crippen LogP contribution < -0.4 is 9.47 Å². The predicted molar refractivity (Wildman–Crippen MR) is 75.3 cm³/mol. The van der Waals surface area contributed by atoms with E-state index < -0.39 is 5.92 Å². The maximum absolute atomic E-state index is 12.6. The Balaban J connectivity index is 1.98. The number of aromatic hydroxyl groups is 2. The maximum atomic E-state index is 12.6. The average molecular weight is 286 g/mol.